The minimum absolute atomic E-state index is 0.213. The standard InChI is InChI=1S/C13H17ClO2/c1-9(12(15)16-13(2,3)4)10-5-7-11(14)8-6-10/h5-9H,1-4H3/t9-/m0/s1. The summed E-state index contributed by atoms with van der Waals surface area (Å²) in [5.41, 5.74) is 0.469. The van der Waals surface area contributed by atoms with Crippen LogP contribution in [0.1, 0.15) is 39.2 Å². The zero-order valence-corrected chi connectivity index (χ0v) is 10.8. The van der Waals surface area contributed by atoms with Crippen LogP contribution in [0.5, 0.6) is 0 Å². The van der Waals surface area contributed by atoms with Gasteiger partial charge in [-0.1, -0.05) is 23.7 Å². The van der Waals surface area contributed by atoms with Crippen LogP contribution >= 0.6 is 11.6 Å². The fourth-order valence-electron chi connectivity index (χ4n) is 1.28. The van der Waals surface area contributed by atoms with E-state index < -0.39 is 5.60 Å². The lowest BCUT2D eigenvalue weighted by molar-refractivity contribution is -0.156. The topological polar surface area (TPSA) is 26.3 Å². The maximum Gasteiger partial charge on any atom is 0.313 e. The molecule has 0 bridgehead atoms. The van der Waals surface area contributed by atoms with E-state index in [2.05, 4.69) is 0 Å². The predicted octanol–water partition coefficient (Wildman–Crippen LogP) is 3.79. The van der Waals surface area contributed by atoms with E-state index in [9.17, 15) is 4.79 Å². The van der Waals surface area contributed by atoms with E-state index in [4.69, 9.17) is 16.3 Å². The summed E-state index contributed by atoms with van der Waals surface area (Å²) in [6, 6.07) is 7.24. The molecule has 0 heterocycles. The highest BCUT2D eigenvalue weighted by Crippen LogP contribution is 2.21. The second-order valence-corrected chi connectivity index (χ2v) is 5.24. The van der Waals surface area contributed by atoms with Crippen molar-refractivity contribution in [3.05, 3.63) is 34.9 Å². The van der Waals surface area contributed by atoms with Crippen molar-refractivity contribution in [3.63, 3.8) is 0 Å². The molecular formula is C13H17ClO2. The van der Waals surface area contributed by atoms with Crippen LogP contribution in [0.25, 0.3) is 0 Å². The van der Waals surface area contributed by atoms with Gasteiger partial charge in [0, 0.05) is 5.02 Å². The molecule has 0 aromatic heterocycles. The number of benzene rings is 1. The van der Waals surface area contributed by atoms with Crippen LogP contribution in [0, 0.1) is 0 Å². The zero-order valence-electron chi connectivity index (χ0n) is 10.1. The third-order valence-electron chi connectivity index (χ3n) is 2.13. The lowest BCUT2D eigenvalue weighted by atomic mass is 10.0. The number of carbonyl (C=O) groups excluding carboxylic acids is 1. The van der Waals surface area contributed by atoms with E-state index in [1.165, 1.54) is 0 Å². The molecule has 1 aromatic carbocycles. The Morgan fingerprint density at radius 1 is 1.25 bits per heavy atom. The number of ether oxygens (including phenoxy) is 1. The van der Waals surface area contributed by atoms with Crippen LogP contribution in [0.15, 0.2) is 24.3 Å². The molecule has 0 spiro atoms. The maximum absolute atomic E-state index is 11.8. The number of esters is 1. The number of carbonyl (C=O) groups is 1. The predicted molar refractivity (Wildman–Crippen MR) is 65.7 cm³/mol. The number of hydrogen-bond donors (Lipinski definition) is 0. The third-order valence-corrected chi connectivity index (χ3v) is 2.38. The van der Waals surface area contributed by atoms with Crippen LogP contribution in [0.4, 0.5) is 0 Å². The normalized spacial score (nSPS) is 13.3. The van der Waals surface area contributed by atoms with Gasteiger partial charge in [0.2, 0.25) is 0 Å². The Hall–Kier alpha value is -1.02. The van der Waals surface area contributed by atoms with Crippen molar-refractivity contribution in [1.29, 1.82) is 0 Å². The van der Waals surface area contributed by atoms with Crippen molar-refractivity contribution in [2.75, 3.05) is 0 Å². The summed E-state index contributed by atoms with van der Waals surface area (Å²) in [5, 5.41) is 0.667. The molecule has 0 saturated heterocycles. The molecule has 0 saturated carbocycles. The van der Waals surface area contributed by atoms with Crippen molar-refractivity contribution >= 4 is 17.6 Å². The molecule has 1 atom stereocenters. The summed E-state index contributed by atoms with van der Waals surface area (Å²) < 4.78 is 5.31. The summed E-state index contributed by atoms with van der Waals surface area (Å²) in [7, 11) is 0. The quantitative estimate of drug-likeness (QED) is 0.736. The number of halogens is 1. The molecule has 0 aliphatic heterocycles. The van der Waals surface area contributed by atoms with Crippen molar-refractivity contribution in [1.82, 2.24) is 0 Å². The van der Waals surface area contributed by atoms with Gasteiger partial charge in [-0.3, -0.25) is 4.79 Å². The molecule has 88 valence electrons. The second kappa shape index (κ2) is 4.88. The van der Waals surface area contributed by atoms with Crippen molar-refractivity contribution < 1.29 is 9.53 Å². The molecule has 0 unspecified atom stereocenters. The van der Waals surface area contributed by atoms with Gasteiger partial charge in [0.05, 0.1) is 5.92 Å². The first-order valence-electron chi connectivity index (χ1n) is 5.28. The zero-order chi connectivity index (χ0) is 12.3. The fraction of sp³-hybridized carbons (Fsp3) is 0.462. The molecular weight excluding hydrogens is 224 g/mol. The van der Waals surface area contributed by atoms with Crippen LogP contribution in [0.2, 0.25) is 5.02 Å². The Balaban J connectivity index is 2.74. The van der Waals surface area contributed by atoms with E-state index in [1.54, 1.807) is 12.1 Å². The van der Waals surface area contributed by atoms with E-state index in [0.29, 0.717) is 5.02 Å². The molecule has 2 nitrogen and oxygen atoms in total. The fourth-order valence-corrected chi connectivity index (χ4v) is 1.40. The number of rotatable bonds is 2. The first kappa shape index (κ1) is 13.0. The Labute approximate surface area is 102 Å². The Bertz CT molecular complexity index is 363. The van der Waals surface area contributed by atoms with E-state index >= 15 is 0 Å². The molecule has 16 heavy (non-hydrogen) atoms. The van der Waals surface area contributed by atoms with Gasteiger partial charge in [-0.2, -0.15) is 0 Å². The summed E-state index contributed by atoms with van der Waals surface area (Å²) in [6.45, 7) is 7.41. The van der Waals surface area contributed by atoms with Crippen molar-refractivity contribution in [3.8, 4) is 0 Å². The van der Waals surface area contributed by atoms with Crippen LogP contribution < -0.4 is 0 Å². The summed E-state index contributed by atoms with van der Waals surface area (Å²) in [6.07, 6.45) is 0. The summed E-state index contributed by atoms with van der Waals surface area (Å²) >= 11 is 5.79. The number of hydrogen-bond acceptors (Lipinski definition) is 2. The first-order chi connectivity index (χ1) is 7.29. The molecule has 1 rings (SSSR count). The first-order valence-corrected chi connectivity index (χ1v) is 5.66. The average Bonchev–Trinajstić information content (AvgIpc) is 2.15. The minimum Gasteiger partial charge on any atom is -0.460 e. The van der Waals surface area contributed by atoms with Gasteiger partial charge in [0.1, 0.15) is 5.60 Å². The van der Waals surface area contributed by atoms with Gasteiger partial charge >= 0.3 is 5.97 Å². The van der Waals surface area contributed by atoms with Gasteiger partial charge in [-0.05, 0) is 45.4 Å². The largest absolute Gasteiger partial charge is 0.460 e. The molecule has 0 radical (unpaired) electrons. The molecule has 0 aliphatic carbocycles. The molecule has 1 aromatic rings. The molecule has 3 heteroatoms. The highest BCUT2D eigenvalue weighted by molar-refractivity contribution is 6.30. The van der Waals surface area contributed by atoms with Crippen LogP contribution in [-0.2, 0) is 9.53 Å². The average molecular weight is 241 g/mol. The summed E-state index contributed by atoms with van der Waals surface area (Å²) in [5.74, 6) is -0.480. The van der Waals surface area contributed by atoms with Gasteiger partial charge < -0.3 is 4.74 Å². The van der Waals surface area contributed by atoms with Gasteiger partial charge in [-0.15, -0.1) is 0 Å². The Kier molecular flexibility index (Phi) is 3.98. The van der Waals surface area contributed by atoms with Crippen LogP contribution in [0.3, 0.4) is 0 Å². The van der Waals surface area contributed by atoms with Gasteiger partial charge in [0.25, 0.3) is 0 Å². The third kappa shape index (κ3) is 3.86. The maximum atomic E-state index is 11.8. The van der Waals surface area contributed by atoms with Crippen molar-refractivity contribution in [2.24, 2.45) is 0 Å². The molecule has 0 amide bonds. The Morgan fingerprint density at radius 2 is 1.75 bits per heavy atom. The minimum atomic E-state index is -0.447. The lowest BCUT2D eigenvalue weighted by Gasteiger charge is -2.22. The van der Waals surface area contributed by atoms with E-state index in [0.717, 1.165) is 5.56 Å². The highest BCUT2D eigenvalue weighted by atomic mass is 35.5. The van der Waals surface area contributed by atoms with E-state index in [1.807, 2.05) is 39.8 Å². The molecule has 0 fully saturated rings. The van der Waals surface area contributed by atoms with Gasteiger partial charge in [0.15, 0.2) is 0 Å². The lowest BCUT2D eigenvalue weighted by Crippen LogP contribution is -2.26. The van der Waals surface area contributed by atoms with Crippen molar-refractivity contribution in [2.45, 2.75) is 39.2 Å². The summed E-state index contributed by atoms with van der Waals surface area (Å²) in [4.78, 5) is 11.8. The smallest absolute Gasteiger partial charge is 0.313 e. The van der Waals surface area contributed by atoms with Gasteiger partial charge in [-0.25, -0.2) is 0 Å². The Morgan fingerprint density at radius 3 is 2.19 bits per heavy atom. The van der Waals surface area contributed by atoms with Crippen LogP contribution in [-0.4, -0.2) is 11.6 Å². The van der Waals surface area contributed by atoms with E-state index in [-0.39, 0.29) is 11.9 Å². The SMILES string of the molecule is C[C@H](C(=O)OC(C)(C)C)c1ccc(Cl)cc1. The second-order valence-electron chi connectivity index (χ2n) is 4.81. The monoisotopic (exact) mass is 240 g/mol. The highest BCUT2D eigenvalue weighted by Gasteiger charge is 2.22. The molecule has 0 aliphatic rings. The molecule has 0 N–H and O–H groups in total.